The SMILES string of the molecule is CCNC(=NCc1cccc(OCC)c1OC(F)F)NCC(C)(C)N1CCOCC1.I. The van der Waals surface area contributed by atoms with E-state index in [0.717, 1.165) is 26.3 Å². The number of aliphatic imine (C=N–C) groups is 1. The number of guanidine groups is 1. The van der Waals surface area contributed by atoms with Crippen molar-refractivity contribution in [1.29, 1.82) is 0 Å². The molecule has 0 unspecified atom stereocenters. The number of rotatable bonds is 10. The lowest BCUT2D eigenvalue weighted by atomic mass is 10.0. The summed E-state index contributed by atoms with van der Waals surface area (Å²) in [6.45, 7) is 10.3. The average molecular weight is 556 g/mol. The van der Waals surface area contributed by atoms with Crippen molar-refractivity contribution in [3.05, 3.63) is 23.8 Å². The van der Waals surface area contributed by atoms with Gasteiger partial charge in [-0.15, -0.1) is 24.0 Å². The van der Waals surface area contributed by atoms with Gasteiger partial charge in [-0.2, -0.15) is 8.78 Å². The summed E-state index contributed by atoms with van der Waals surface area (Å²) >= 11 is 0. The summed E-state index contributed by atoms with van der Waals surface area (Å²) in [5.41, 5.74) is 0.449. The zero-order valence-electron chi connectivity index (χ0n) is 18.7. The molecule has 1 fully saturated rings. The summed E-state index contributed by atoms with van der Waals surface area (Å²) in [6, 6.07) is 5.07. The quantitative estimate of drug-likeness (QED) is 0.262. The Hall–Kier alpha value is -1.40. The van der Waals surface area contributed by atoms with Crippen LogP contribution in [0, 0.1) is 0 Å². The molecular formula is C21H35F2IN4O3. The van der Waals surface area contributed by atoms with Crippen molar-refractivity contribution in [3.8, 4) is 11.5 Å². The smallest absolute Gasteiger partial charge is 0.387 e. The predicted molar refractivity (Wildman–Crippen MR) is 129 cm³/mol. The van der Waals surface area contributed by atoms with E-state index in [9.17, 15) is 8.78 Å². The van der Waals surface area contributed by atoms with Crippen molar-refractivity contribution < 1.29 is 23.0 Å². The number of alkyl halides is 2. The first-order valence-electron chi connectivity index (χ1n) is 10.4. The van der Waals surface area contributed by atoms with E-state index in [0.29, 0.717) is 31.2 Å². The molecule has 2 N–H and O–H groups in total. The molecule has 0 spiro atoms. The van der Waals surface area contributed by atoms with Crippen molar-refractivity contribution in [2.45, 2.75) is 46.4 Å². The van der Waals surface area contributed by atoms with Crippen LogP contribution in [0.3, 0.4) is 0 Å². The summed E-state index contributed by atoms with van der Waals surface area (Å²) in [6.07, 6.45) is 0. The topological polar surface area (TPSA) is 67.4 Å². The van der Waals surface area contributed by atoms with E-state index in [4.69, 9.17) is 14.2 Å². The summed E-state index contributed by atoms with van der Waals surface area (Å²) in [5, 5.41) is 6.57. The predicted octanol–water partition coefficient (Wildman–Crippen LogP) is 3.47. The van der Waals surface area contributed by atoms with Crippen LogP contribution in [0.1, 0.15) is 33.3 Å². The molecule has 0 aromatic heterocycles. The molecule has 1 aliphatic heterocycles. The van der Waals surface area contributed by atoms with Gasteiger partial charge in [-0.1, -0.05) is 12.1 Å². The van der Waals surface area contributed by atoms with Crippen molar-refractivity contribution in [2.75, 3.05) is 46.0 Å². The van der Waals surface area contributed by atoms with Crippen LogP contribution in [0.2, 0.25) is 0 Å². The maximum atomic E-state index is 12.9. The highest BCUT2D eigenvalue weighted by Gasteiger charge is 2.28. The normalized spacial score (nSPS) is 15.4. The first-order chi connectivity index (χ1) is 14.4. The van der Waals surface area contributed by atoms with Crippen molar-refractivity contribution >= 4 is 29.9 Å². The second-order valence-corrected chi connectivity index (χ2v) is 7.52. The number of morpholine rings is 1. The summed E-state index contributed by atoms with van der Waals surface area (Å²) in [5.74, 6) is 0.933. The molecule has 1 heterocycles. The van der Waals surface area contributed by atoms with Gasteiger partial charge in [0, 0.05) is 37.3 Å². The molecule has 178 valence electrons. The number of hydrogen-bond acceptors (Lipinski definition) is 5. The fraction of sp³-hybridized carbons (Fsp3) is 0.667. The number of benzene rings is 1. The Bertz CT molecular complexity index is 687. The zero-order chi connectivity index (χ0) is 22.0. The number of para-hydroxylation sites is 1. The van der Waals surface area contributed by atoms with E-state index in [2.05, 4.69) is 34.4 Å². The molecule has 1 aromatic carbocycles. The molecule has 0 atom stereocenters. The van der Waals surface area contributed by atoms with Gasteiger partial charge < -0.3 is 24.8 Å². The Morgan fingerprint density at radius 2 is 1.94 bits per heavy atom. The first-order valence-corrected chi connectivity index (χ1v) is 10.4. The Kier molecular flexibility index (Phi) is 12.4. The van der Waals surface area contributed by atoms with E-state index >= 15 is 0 Å². The lowest BCUT2D eigenvalue weighted by Gasteiger charge is -2.41. The van der Waals surface area contributed by atoms with Crippen LogP contribution in [0.4, 0.5) is 8.78 Å². The third-order valence-corrected chi connectivity index (χ3v) is 4.87. The van der Waals surface area contributed by atoms with Gasteiger partial charge in [-0.25, -0.2) is 4.99 Å². The summed E-state index contributed by atoms with van der Waals surface area (Å²) in [4.78, 5) is 6.95. The van der Waals surface area contributed by atoms with Gasteiger partial charge in [0.25, 0.3) is 0 Å². The fourth-order valence-electron chi connectivity index (χ4n) is 3.26. The van der Waals surface area contributed by atoms with Gasteiger partial charge in [-0.3, -0.25) is 4.90 Å². The van der Waals surface area contributed by atoms with Gasteiger partial charge in [0.1, 0.15) is 0 Å². The van der Waals surface area contributed by atoms with Gasteiger partial charge in [0.05, 0.1) is 26.4 Å². The van der Waals surface area contributed by atoms with Gasteiger partial charge in [0.2, 0.25) is 0 Å². The monoisotopic (exact) mass is 556 g/mol. The maximum Gasteiger partial charge on any atom is 0.387 e. The molecule has 0 saturated carbocycles. The number of ether oxygens (including phenoxy) is 3. The van der Waals surface area contributed by atoms with Crippen LogP contribution in [-0.2, 0) is 11.3 Å². The maximum absolute atomic E-state index is 12.9. The van der Waals surface area contributed by atoms with Crippen LogP contribution in [0.25, 0.3) is 0 Å². The van der Waals surface area contributed by atoms with Crippen LogP contribution < -0.4 is 20.1 Å². The van der Waals surface area contributed by atoms with Crippen LogP contribution in [-0.4, -0.2) is 69.0 Å². The lowest BCUT2D eigenvalue weighted by molar-refractivity contribution is -0.0520. The van der Waals surface area contributed by atoms with Crippen LogP contribution >= 0.6 is 24.0 Å². The molecule has 0 bridgehead atoms. The molecule has 1 aromatic rings. The fourth-order valence-corrected chi connectivity index (χ4v) is 3.26. The van der Waals surface area contributed by atoms with E-state index < -0.39 is 6.61 Å². The highest BCUT2D eigenvalue weighted by Crippen LogP contribution is 2.33. The average Bonchev–Trinajstić information content (AvgIpc) is 2.72. The number of nitrogens with one attached hydrogen (secondary N) is 2. The molecule has 0 amide bonds. The molecule has 0 aliphatic carbocycles. The second kappa shape index (κ2) is 13.9. The Balaban J connectivity index is 0.00000480. The third kappa shape index (κ3) is 8.93. The second-order valence-electron chi connectivity index (χ2n) is 7.52. The molecular weight excluding hydrogens is 521 g/mol. The molecule has 1 saturated heterocycles. The van der Waals surface area contributed by atoms with E-state index in [1.807, 2.05) is 6.92 Å². The number of halogens is 3. The van der Waals surface area contributed by atoms with Gasteiger partial charge in [0.15, 0.2) is 17.5 Å². The number of nitrogens with zero attached hydrogens (tertiary/aromatic N) is 2. The third-order valence-electron chi connectivity index (χ3n) is 4.87. The number of hydrogen-bond donors (Lipinski definition) is 2. The highest BCUT2D eigenvalue weighted by molar-refractivity contribution is 14.0. The molecule has 2 rings (SSSR count). The largest absolute Gasteiger partial charge is 0.490 e. The molecule has 31 heavy (non-hydrogen) atoms. The Morgan fingerprint density at radius 3 is 2.55 bits per heavy atom. The summed E-state index contributed by atoms with van der Waals surface area (Å²) < 4.78 is 41.4. The standard InChI is InChI=1S/C21H34F2N4O3.HI/c1-5-24-20(26-15-21(3,4)27-10-12-28-13-11-27)25-14-16-8-7-9-17(29-6-2)18(16)30-19(22)23;/h7-9,19H,5-6,10-15H2,1-4H3,(H2,24,25,26);1H. The van der Waals surface area contributed by atoms with E-state index in [-0.39, 0.29) is 47.6 Å². The molecule has 0 radical (unpaired) electrons. The van der Waals surface area contributed by atoms with Crippen molar-refractivity contribution in [3.63, 3.8) is 0 Å². The zero-order valence-corrected chi connectivity index (χ0v) is 21.1. The minimum Gasteiger partial charge on any atom is -0.490 e. The molecule has 7 nitrogen and oxygen atoms in total. The van der Waals surface area contributed by atoms with Gasteiger partial charge >= 0.3 is 6.61 Å². The van der Waals surface area contributed by atoms with Crippen molar-refractivity contribution in [2.24, 2.45) is 4.99 Å². The highest BCUT2D eigenvalue weighted by atomic mass is 127. The summed E-state index contributed by atoms with van der Waals surface area (Å²) in [7, 11) is 0. The van der Waals surface area contributed by atoms with E-state index in [1.165, 1.54) is 0 Å². The van der Waals surface area contributed by atoms with Crippen LogP contribution in [0.5, 0.6) is 11.5 Å². The molecule has 1 aliphatic rings. The minimum atomic E-state index is -2.94. The molecule has 10 heteroatoms. The Morgan fingerprint density at radius 1 is 1.23 bits per heavy atom. The first kappa shape index (κ1) is 27.6. The van der Waals surface area contributed by atoms with E-state index in [1.54, 1.807) is 25.1 Å². The van der Waals surface area contributed by atoms with Gasteiger partial charge in [-0.05, 0) is 33.8 Å². The lowest BCUT2D eigenvalue weighted by Crippen LogP contribution is -2.56. The van der Waals surface area contributed by atoms with Crippen LogP contribution in [0.15, 0.2) is 23.2 Å². The minimum absolute atomic E-state index is 0. The Labute approximate surface area is 200 Å². The van der Waals surface area contributed by atoms with Crippen molar-refractivity contribution in [1.82, 2.24) is 15.5 Å².